The van der Waals surface area contributed by atoms with Crippen molar-refractivity contribution in [2.45, 2.75) is 26.7 Å². The lowest BCUT2D eigenvalue weighted by molar-refractivity contribution is -0.120. The summed E-state index contributed by atoms with van der Waals surface area (Å²) in [7, 11) is 1.68. The average Bonchev–Trinajstić information content (AvgIpc) is 2.12. The molecule has 0 aliphatic rings. The van der Waals surface area contributed by atoms with Gasteiger partial charge in [-0.2, -0.15) is 0 Å². The molecule has 0 spiro atoms. The zero-order valence-corrected chi connectivity index (χ0v) is 9.01. The SMILES string of the molecule is CCCC(=O)CN(CC)CCOC. The van der Waals surface area contributed by atoms with E-state index in [1.807, 2.05) is 6.92 Å². The van der Waals surface area contributed by atoms with E-state index in [-0.39, 0.29) is 0 Å². The van der Waals surface area contributed by atoms with Crippen molar-refractivity contribution in [1.82, 2.24) is 4.90 Å². The first-order chi connectivity index (χ1) is 6.24. The van der Waals surface area contributed by atoms with Gasteiger partial charge in [-0.25, -0.2) is 0 Å². The normalized spacial score (nSPS) is 10.8. The van der Waals surface area contributed by atoms with E-state index in [1.165, 1.54) is 0 Å². The fourth-order valence-electron chi connectivity index (χ4n) is 1.18. The van der Waals surface area contributed by atoms with Crippen LogP contribution >= 0.6 is 0 Å². The summed E-state index contributed by atoms with van der Waals surface area (Å²) in [5, 5.41) is 0. The van der Waals surface area contributed by atoms with Gasteiger partial charge in [0.2, 0.25) is 0 Å². The van der Waals surface area contributed by atoms with Crippen molar-refractivity contribution < 1.29 is 9.53 Å². The molecule has 0 bridgehead atoms. The van der Waals surface area contributed by atoms with Crippen LogP contribution in [0.25, 0.3) is 0 Å². The van der Waals surface area contributed by atoms with Crippen LogP contribution in [-0.4, -0.2) is 44.0 Å². The minimum Gasteiger partial charge on any atom is -0.383 e. The maximum absolute atomic E-state index is 11.3. The molecular formula is C10H21NO2. The molecule has 78 valence electrons. The first-order valence-electron chi connectivity index (χ1n) is 4.97. The fourth-order valence-corrected chi connectivity index (χ4v) is 1.18. The maximum atomic E-state index is 11.3. The van der Waals surface area contributed by atoms with Gasteiger partial charge < -0.3 is 4.74 Å². The van der Waals surface area contributed by atoms with Gasteiger partial charge in [-0.05, 0) is 13.0 Å². The standard InChI is InChI=1S/C10H21NO2/c1-4-6-10(12)9-11(5-2)7-8-13-3/h4-9H2,1-3H3. The Kier molecular flexibility index (Phi) is 7.94. The quantitative estimate of drug-likeness (QED) is 0.574. The molecule has 0 N–H and O–H groups in total. The number of ether oxygens (including phenoxy) is 1. The second-order valence-electron chi connectivity index (χ2n) is 3.15. The molecule has 0 heterocycles. The molecule has 13 heavy (non-hydrogen) atoms. The Morgan fingerprint density at radius 1 is 1.38 bits per heavy atom. The van der Waals surface area contributed by atoms with Gasteiger partial charge in [0.1, 0.15) is 5.78 Å². The van der Waals surface area contributed by atoms with Gasteiger partial charge in [0.25, 0.3) is 0 Å². The van der Waals surface area contributed by atoms with Gasteiger partial charge in [-0.15, -0.1) is 0 Å². The molecule has 0 aromatic heterocycles. The molecule has 3 heteroatoms. The number of nitrogens with zero attached hydrogens (tertiary/aromatic N) is 1. The number of carbonyl (C=O) groups is 1. The molecule has 0 saturated heterocycles. The monoisotopic (exact) mass is 187 g/mol. The molecule has 0 aromatic rings. The average molecular weight is 187 g/mol. The predicted molar refractivity (Wildman–Crippen MR) is 53.9 cm³/mol. The lowest BCUT2D eigenvalue weighted by Crippen LogP contribution is -2.32. The van der Waals surface area contributed by atoms with E-state index in [2.05, 4.69) is 11.8 Å². The van der Waals surface area contributed by atoms with E-state index in [0.717, 1.165) is 19.5 Å². The van der Waals surface area contributed by atoms with Crippen molar-refractivity contribution in [1.29, 1.82) is 0 Å². The summed E-state index contributed by atoms with van der Waals surface area (Å²) in [4.78, 5) is 13.4. The Labute approximate surface area is 81.1 Å². The van der Waals surface area contributed by atoms with Crippen molar-refractivity contribution >= 4 is 5.78 Å². The lowest BCUT2D eigenvalue weighted by atomic mass is 10.2. The minimum absolute atomic E-state index is 0.334. The Morgan fingerprint density at radius 3 is 2.54 bits per heavy atom. The van der Waals surface area contributed by atoms with Crippen molar-refractivity contribution in [3.8, 4) is 0 Å². The number of ketones is 1. The van der Waals surface area contributed by atoms with E-state index in [0.29, 0.717) is 25.4 Å². The smallest absolute Gasteiger partial charge is 0.146 e. The highest BCUT2D eigenvalue weighted by Gasteiger charge is 2.07. The molecule has 0 rings (SSSR count). The van der Waals surface area contributed by atoms with Crippen LogP contribution in [0.15, 0.2) is 0 Å². The minimum atomic E-state index is 0.334. The second-order valence-corrected chi connectivity index (χ2v) is 3.15. The van der Waals surface area contributed by atoms with Crippen LogP contribution in [0.5, 0.6) is 0 Å². The zero-order chi connectivity index (χ0) is 10.1. The number of Topliss-reactive ketones (excluding diaryl/α,β-unsaturated/α-hetero) is 1. The largest absolute Gasteiger partial charge is 0.383 e. The zero-order valence-electron chi connectivity index (χ0n) is 9.01. The van der Waals surface area contributed by atoms with Gasteiger partial charge >= 0.3 is 0 Å². The van der Waals surface area contributed by atoms with Crippen molar-refractivity contribution in [2.75, 3.05) is 33.4 Å². The van der Waals surface area contributed by atoms with Gasteiger partial charge in [0.15, 0.2) is 0 Å². The predicted octanol–water partition coefficient (Wildman–Crippen LogP) is 1.32. The van der Waals surface area contributed by atoms with Crippen LogP contribution in [0, 0.1) is 0 Å². The fraction of sp³-hybridized carbons (Fsp3) is 0.900. The summed E-state index contributed by atoms with van der Waals surface area (Å²) in [5.74, 6) is 0.334. The number of hydrogen-bond donors (Lipinski definition) is 0. The van der Waals surface area contributed by atoms with Gasteiger partial charge in [0.05, 0.1) is 13.2 Å². The number of likely N-dealkylation sites (N-methyl/N-ethyl adjacent to an activating group) is 1. The highest BCUT2D eigenvalue weighted by Crippen LogP contribution is 1.94. The Bertz CT molecular complexity index is 137. The van der Waals surface area contributed by atoms with E-state index < -0.39 is 0 Å². The van der Waals surface area contributed by atoms with Crippen LogP contribution < -0.4 is 0 Å². The van der Waals surface area contributed by atoms with E-state index >= 15 is 0 Å². The first kappa shape index (κ1) is 12.6. The van der Waals surface area contributed by atoms with Gasteiger partial charge in [-0.3, -0.25) is 9.69 Å². The summed E-state index contributed by atoms with van der Waals surface area (Å²) >= 11 is 0. The summed E-state index contributed by atoms with van der Waals surface area (Å²) in [5.41, 5.74) is 0. The summed E-state index contributed by atoms with van der Waals surface area (Å²) in [6.45, 7) is 7.14. The highest BCUT2D eigenvalue weighted by molar-refractivity contribution is 5.80. The third-order valence-electron chi connectivity index (χ3n) is 1.99. The second kappa shape index (κ2) is 8.20. The third-order valence-corrected chi connectivity index (χ3v) is 1.99. The Morgan fingerprint density at radius 2 is 2.08 bits per heavy atom. The maximum Gasteiger partial charge on any atom is 0.146 e. The van der Waals surface area contributed by atoms with Crippen molar-refractivity contribution in [3.63, 3.8) is 0 Å². The molecule has 0 radical (unpaired) electrons. The topological polar surface area (TPSA) is 29.5 Å². The summed E-state index contributed by atoms with van der Waals surface area (Å²) in [6, 6.07) is 0. The van der Waals surface area contributed by atoms with Crippen molar-refractivity contribution in [3.05, 3.63) is 0 Å². The summed E-state index contributed by atoms with van der Waals surface area (Å²) < 4.78 is 4.96. The molecule has 0 fully saturated rings. The van der Waals surface area contributed by atoms with E-state index in [9.17, 15) is 4.79 Å². The Balaban J connectivity index is 3.62. The molecule has 0 unspecified atom stereocenters. The number of carbonyl (C=O) groups excluding carboxylic acids is 1. The molecule has 0 atom stereocenters. The van der Waals surface area contributed by atoms with Crippen LogP contribution in [0.4, 0.5) is 0 Å². The number of rotatable bonds is 8. The van der Waals surface area contributed by atoms with E-state index in [1.54, 1.807) is 7.11 Å². The molecule has 0 saturated carbocycles. The molecule has 0 aliphatic heterocycles. The summed E-state index contributed by atoms with van der Waals surface area (Å²) in [6.07, 6.45) is 1.64. The molecular weight excluding hydrogens is 166 g/mol. The lowest BCUT2D eigenvalue weighted by Gasteiger charge is -2.18. The van der Waals surface area contributed by atoms with Crippen LogP contribution in [0.1, 0.15) is 26.7 Å². The van der Waals surface area contributed by atoms with Gasteiger partial charge in [-0.1, -0.05) is 13.8 Å². The first-order valence-corrected chi connectivity index (χ1v) is 4.97. The van der Waals surface area contributed by atoms with Crippen LogP contribution in [-0.2, 0) is 9.53 Å². The van der Waals surface area contributed by atoms with Crippen LogP contribution in [0.2, 0.25) is 0 Å². The van der Waals surface area contributed by atoms with E-state index in [4.69, 9.17) is 4.74 Å². The molecule has 0 aliphatic carbocycles. The van der Waals surface area contributed by atoms with Gasteiger partial charge in [0, 0.05) is 20.1 Å². The number of hydrogen-bond acceptors (Lipinski definition) is 3. The molecule has 3 nitrogen and oxygen atoms in total. The third kappa shape index (κ3) is 6.72. The number of methoxy groups -OCH3 is 1. The highest BCUT2D eigenvalue weighted by atomic mass is 16.5. The Hall–Kier alpha value is -0.410. The molecule has 0 aromatic carbocycles. The molecule has 0 amide bonds. The van der Waals surface area contributed by atoms with Crippen molar-refractivity contribution in [2.24, 2.45) is 0 Å². The van der Waals surface area contributed by atoms with Crippen LogP contribution in [0.3, 0.4) is 0 Å².